The molecule has 0 atom stereocenters. The topological polar surface area (TPSA) is 44.8 Å². The van der Waals surface area contributed by atoms with Gasteiger partial charge in [0.1, 0.15) is 5.75 Å². The SMILES string of the molecule is CC(C)(OCC12CC3CC(CC(C3)C1)C2)Oc1cc(C(=O)Oc2ccccc2)ccc1F. The van der Waals surface area contributed by atoms with E-state index in [0.717, 1.165) is 17.8 Å². The first-order valence-corrected chi connectivity index (χ1v) is 11.7. The number of para-hydroxylation sites is 1. The lowest BCUT2D eigenvalue weighted by Crippen LogP contribution is -2.49. The van der Waals surface area contributed by atoms with E-state index in [1.807, 2.05) is 19.9 Å². The maximum atomic E-state index is 14.5. The van der Waals surface area contributed by atoms with Crippen molar-refractivity contribution in [3.05, 3.63) is 59.9 Å². The zero-order valence-electron chi connectivity index (χ0n) is 18.8. The predicted molar refractivity (Wildman–Crippen MR) is 119 cm³/mol. The van der Waals surface area contributed by atoms with E-state index in [9.17, 15) is 9.18 Å². The van der Waals surface area contributed by atoms with Crippen LogP contribution < -0.4 is 9.47 Å². The van der Waals surface area contributed by atoms with Gasteiger partial charge < -0.3 is 14.2 Å². The molecule has 0 amide bonds. The molecule has 0 spiro atoms. The van der Waals surface area contributed by atoms with Gasteiger partial charge in [-0.15, -0.1) is 0 Å². The highest BCUT2D eigenvalue weighted by Crippen LogP contribution is 2.60. The molecule has 0 heterocycles. The van der Waals surface area contributed by atoms with Gasteiger partial charge in [-0.05, 0) is 92.0 Å². The molecule has 2 aromatic rings. The maximum Gasteiger partial charge on any atom is 0.343 e. The van der Waals surface area contributed by atoms with Crippen molar-refractivity contribution in [1.82, 2.24) is 0 Å². The Morgan fingerprint density at radius 3 is 2.25 bits per heavy atom. The van der Waals surface area contributed by atoms with E-state index in [2.05, 4.69) is 0 Å². The first kappa shape index (κ1) is 21.4. The molecule has 4 saturated carbocycles. The van der Waals surface area contributed by atoms with E-state index in [-0.39, 0.29) is 16.7 Å². The summed E-state index contributed by atoms with van der Waals surface area (Å²) < 4.78 is 32.1. The summed E-state index contributed by atoms with van der Waals surface area (Å²) in [6, 6.07) is 12.8. The van der Waals surface area contributed by atoms with Crippen LogP contribution in [0.15, 0.2) is 48.5 Å². The number of carbonyl (C=O) groups excluding carboxylic acids is 1. The first-order valence-electron chi connectivity index (χ1n) is 11.7. The molecule has 0 saturated heterocycles. The minimum atomic E-state index is -1.01. The van der Waals surface area contributed by atoms with Crippen molar-refractivity contribution in [3.8, 4) is 11.5 Å². The lowest BCUT2D eigenvalue weighted by molar-refractivity contribution is -0.200. The third kappa shape index (κ3) is 4.54. The molecule has 0 aromatic heterocycles. The number of carbonyl (C=O) groups is 1. The second-order valence-electron chi connectivity index (χ2n) is 10.6. The van der Waals surface area contributed by atoms with E-state index >= 15 is 0 Å². The Morgan fingerprint density at radius 1 is 1.00 bits per heavy atom. The van der Waals surface area contributed by atoms with Gasteiger partial charge in [-0.1, -0.05) is 18.2 Å². The van der Waals surface area contributed by atoms with Crippen LogP contribution in [-0.4, -0.2) is 18.4 Å². The average Bonchev–Trinajstić information content (AvgIpc) is 2.74. The minimum absolute atomic E-state index is 0.0111. The van der Waals surface area contributed by atoms with Gasteiger partial charge in [0.15, 0.2) is 11.6 Å². The summed E-state index contributed by atoms with van der Waals surface area (Å²) in [6.45, 7) is 4.25. The number of hydrogen-bond donors (Lipinski definition) is 0. The van der Waals surface area contributed by atoms with Crippen molar-refractivity contribution < 1.29 is 23.4 Å². The first-order chi connectivity index (χ1) is 15.3. The molecule has 4 fully saturated rings. The summed E-state index contributed by atoms with van der Waals surface area (Å²) >= 11 is 0. The molecule has 4 aliphatic carbocycles. The van der Waals surface area contributed by atoms with Crippen LogP contribution in [0.3, 0.4) is 0 Å². The fourth-order valence-corrected chi connectivity index (χ4v) is 6.45. The molecule has 0 aliphatic heterocycles. The summed E-state index contributed by atoms with van der Waals surface area (Å²) in [5.74, 6) is 0.857. The maximum absolute atomic E-state index is 14.5. The Balaban J connectivity index is 1.25. The lowest BCUT2D eigenvalue weighted by Gasteiger charge is -2.57. The molecular formula is C27H31FO4. The normalized spacial score (nSPS) is 28.5. The summed E-state index contributed by atoms with van der Waals surface area (Å²) in [7, 11) is 0. The van der Waals surface area contributed by atoms with Crippen LogP contribution in [0.25, 0.3) is 0 Å². The molecular weight excluding hydrogens is 407 g/mol. The molecule has 0 N–H and O–H groups in total. The second kappa shape index (κ2) is 8.18. The summed E-state index contributed by atoms with van der Waals surface area (Å²) in [5, 5.41) is 0. The van der Waals surface area contributed by atoms with Crippen molar-refractivity contribution in [2.75, 3.05) is 6.61 Å². The molecule has 0 radical (unpaired) electrons. The van der Waals surface area contributed by atoms with Gasteiger partial charge in [0.05, 0.1) is 12.2 Å². The van der Waals surface area contributed by atoms with Crippen LogP contribution >= 0.6 is 0 Å². The minimum Gasteiger partial charge on any atom is -0.460 e. The smallest absolute Gasteiger partial charge is 0.343 e. The fraction of sp³-hybridized carbons (Fsp3) is 0.519. The molecule has 4 nitrogen and oxygen atoms in total. The summed E-state index contributed by atoms with van der Waals surface area (Å²) in [4.78, 5) is 12.5. The van der Waals surface area contributed by atoms with E-state index in [4.69, 9.17) is 14.2 Å². The molecule has 170 valence electrons. The Labute approximate surface area is 189 Å². The van der Waals surface area contributed by atoms with Crippen LogP contribution in [-0.2, 0) is 4.74 Å². The molecule has 2 aromatic carbocycles. The molecule has 5 heteroatoms. The molecule has 0 unspecified atom stereocenters. The zero-order valence-corrected chi connectivity index (χ0v) is 18.8. The van der Waals surface area contributed by atoms with Crippen molar-refractivity contribution in [1.29, 1.82) is 0 Å². The van der Waals surface area contributed by atoms with Crippen molar-refractivity contribution in [3.63, 3.8) is 0 Å². The van der Waals surface area contributed by atoms with Crippen molar-refractivity contribution in [2.24, 2.45) is 23.2 Å². The molecule has 32 heavy (non-hydrogen) atoms. The highest BCUT2D eigenvalue weighted by atomic mass is 19.1. The van der Waals surface area contributed by atoms with Gasteiger partial charge >= 0.3 is 5.97 Å². The lowest BCUT2D eigenvalue weighted by atomic mass is 9.50. The van der Waals surface area contributed by atoms with Crippen LogP contribution in [0.4, 0.5) is 4.39 Å². The van der Waals surface area contributed by atoms with Gasteiger partial charge in [0.25, 0.3) is 0 Å². The van der Waals surface area contributed by atoms with E-state index in [1.54, 1.807) is 24.3 Å². The van der Waals surface area contributed by atoms with Crippen LogP contribution in [0.1, 0.15) is 62.7 Å². The van der Waals surface area contributed by atoms with Gasteiger partial charge in [0.2, 0.25) is 5.79 Å². The van der Waals surface area contributed by atoms with Gasteiger partial charge in [-0.2, -0.15) is 0 Å². The van der Waals surface area contributed by atoms with E-state index in [0.29, 0.717) is 12.4 Å². The molecule has 4 bridgehead atoms. The van der Waals surface area contributed by atoms with Crippen molar-refractivity contribution in [2.45, 2.75) is 58.2 Å². The Morgan fingerprint density at radius 2 is 1.62 bits per heavy atom. The van der Waals surface area contributed by atoms with Crippen LogP contribution in [0, 0.1) is 29.0 Å². The van der Waals surface area contributed by atoms with E-state index in [1.165, 1.54) is 56.7 Å². The number of ether oxygens (including phenoxy) is 3. The number of esters is 1. The van der Waals surface area contributed by atoms with Gasteiger partial charge in [-0.3, -0.25) is 0 Å². The Kier molecular flexibility index (Phi) is 5.48. The zero-order chi connectivity index (χ0) is 22.3. The quantitative estimate of drug-likeness (QED) is 0.285. The third-order valence-electron chi connectivity index (χ3n) is 7.37. The number of rotatable bonds is 7. The number of benzene rings is 2. The Bertz CT molecular complexity index is 949. The van der Waals surface area contributed by atoms with Gasteiger partial charge in [0, 0.05) is 13.8 Å². The van der Waals surface area contributed by atoms with E-state index < -0.39 is 17.6 Å². The number of hydrogen-bond acceptors (Lipinski definition) is 4. The van der Waals surface area contributed by atoms with Crippen LogP contribution in [0.5, 0.6) is 11.5 Å². The van der Waals surface area contributed by atoms with Crippen molar-refractivity contribution >= 4 is 5.97 Å². The Hall–Kier alpha value is -2.40. The second-order valence-corrected chi connectivity index (χ2v) is 10.6. The molecule has 6 rings (SSSR count). The summed E-state index contributed by atoms with van der Waals surface area (Å²) in [5.41, 5.74) is 0.470. The average molecular weight is 439 g/mol. The predicted octanol–water partition coefficient (Wildman–Crippen LogP) is 6.39. The third-order valence-corrected chi connectivity index (χ3v) is 7.37. The highest BCUT2D eigenvalue weighted by Gasteiger charge is 2.51. The highest BCUT2D eigenvalue weighted by molar-refractivity contribution is 5.91. The monoisotopic (exact) mass is 438 g/mol. The number of halogens is 1. The summed E-state index contributed by atoms with van der Waals surface area (Å²) in [6.07, 6.45) is 7.88. The molecule has 4 aliphatic rings. The van der Waals surface area contributed by atoms with Gasteiger partial charge in [-0.25, -0.2) is 9.18 Å². The standard InChI is InChI=1S/C27H31FO4/c1-26(2,30-17-27-14-18-10-19(15-27)12-20(11-18)16-27)32-24-13-21(8-9-23(24)28)25(29)31-22-6-4-3-5-7-22/h3-9,13,18-20H,10-12,14-17H2,1-2H3. The largest absolute Gasteiger partial charge is 0.460 e. The van der Waals surface area contributed by atoms with Crippen LogP contribution in [0.2, 0.25) is 0 Å². The fourth-order valence-electron chi connectivity index (χ4n) is 6.45.